The van der Waals surface area contributed by atoms with Crippen LogP contribution in [0, 0.1) is 0 Å². The van der Waals surface area contributed by atoms with Crippen molar-refractivity contribution in [3.05, 3.63) is 35.9 Å². The van der Waals surface area contributed by atoms with Gasteiger partial charge < -0.3 is 4.79 Å². The van der Waals surface area contributed by atoms with Gasteiger partial charge in [0.1, 0.15) is 11.6 Å². The Kier molecular flexibility index (Phi) is 7.00. The van der Waals surface area contributed by atoms with E-state index < -0.39 is 0 Å². The highest BCUT2D eigenvalue weighted by molar-refractivity contribution is 5.84. The van der Waals surface area contributed by atoms with E-state index >= 15 is 0 Å². The molecule has 98 valence electrons. The van der Waals surface area contributed by atoms with Gasteiger partial charge in [-0.15, -0.1) is 0 Å². The van der Waals surface area contributed by atoms with Gasteiger partial charge in [0.2, 0.25) is 0 Å². The molecule has 0 spiro atoms. The van der Waals surface area contributed by atoms with Gasteiger partial charge in [-0.3, -0.25) is 4.79 Å². The standard InChI is InChI=1S/C16H22O2/c1-14(17)12-13-16(18)11-7-3-6-10-15-8-4-2-5-9-15/h2,4-5,8-9H,3,6-7,10-13H2,1H3. The van der Waals surface area contributed by atoms with E-state index in [0.29, 0.717) is 19.3 Å². The summed E-state index contributed by atoms with van der Waals surface area (Å²) in [6, 6.07) is 10.4. The summed E-state index contributed by atoms with van der Waals surface area (Å²) in [5.74, 6) is 0.331. The molecule has 1 aromatic carbocycles. The highest BCUT2D eigenvalue weighted by Crippen LogP contribution is 2.09. The number of carbonyl (C=O) groups excluding carboxylic acids is 2. The van der Waals surface area contributed by atoms with Crippen LogP contribution < -0.4 is 0 Å². The van der Waals surface area contributed by atoms with E-state index in [1.165, 1.54) is 12.5 Å². The van der Waals surface area contributed by atoms with E-state index in [1.54, 1.807) is 0 Å². The van der Waals surface area contributed by atoms with Crippen LogP contribution >= 0.6 is 0 Å². The molecule has 0 radical (unpaired) electrons. The van der Waals surface area contributed by atoms with Gasteiger partial charge in [0.05, 0.1) is 0 Å². The number of ketones is 2. The monoisotopic (exact) mass is 246 g/mol. The first kappa shape index (κ1) is 14.6. The summed E-state index contributed by atoms with van der Waals surface area (Å²) in [5, 5.41) is 0. The van der Waals surface area contributed by atoms with Crippen molar-refractivity contribution >= 4 is 11.6 Å². The molecule has 1 rings (SSSR count). The average molecular weight is 246 g/mol. The van der Waals surface area contributed by atoms with Crippen molar-refractivity contribution in [2.24, 2.45) is 0 Å². The molecule has 0 bridgehead atoms. The second-order valence-electron chi connectivity index (χ2n) is 4.79. The molecule has 0 saturated carbocycles. The van der Waals surface area contributed by atoms with Crippen LogP contribution in [-0.4, -0.2) is 11.6 Å². The Hall–Kier alpha value is -1.44. The number of aryl methyl sites for hydroxylation is 1. The van der Waals surface area contributed by atoms with E-state index in [2.05, 4.69) is 24.3 Å². The van der Waals surface area contributed by atoms with Crippen molar-refractivity contribution in [1.82, 2.24) is 0 Å². The lowest BCUT2D eigenvalue weighted by Crippen LogP contribution is -2.01. The molecule has 0 aromatic heterocycles. The third kappa shape index (κ3) is 7.00. The quantitative estimate of drug-likeness (QED) is 0.622. The smallest absolute Gasteiger partial charge is 0.133 e. The zero-order chi connectivity index (χ0) is 13.2. The Morgan fingerprint density at radius 2 is 1.61 bits per heavy atom. The third-order valence-electron chi connectivity index (χ3n) is 3.02. The first-order valence-corrected chi connectivity index (χ1v) is 6.73. The Labute approximate surface area is 109 Å². The van der Waals surface area contributed by atoms with Gasteiger partial charge in [-0.1, -0.05) is 36.8 Å². The molecule has 0 aliphatic heterocycles. The lowest BCUT2D eigenvalue weighted by Gasteiger charge is -2.02. The molecule has 2 heteroatoms. The molecular formula is C16H22O2. The number of rotatable bonds is 9. The summed E-state index contributed by atoms with van der Waals surface area (Å²) in [6.45, 7) is 1.53. The van der Waals surface area contributed by atoms with E-state index in [1.807, 2.05) is 6.07 Å². The highest BCUT2D eigenvalue weighted by Gasteiger charge is 2.03. The van der Waals surface area contributed by atoms with Crippen molar-refractivity contribution in [3.63, 3.8) is 0 Å². The fraction of sp³-hybridized carbons (Fsp3) is 0.500. The Morgan fingerprint density at radius 1 is 0.889 bits per heavy atom. The first-order chi connectivity index (χ1) is 8.68. The normalized spacial score (nSPS) is 10.3. The molecule has 0 heterocycles. The zero-order valence-corrected chi connectivity index (χ0v) is 11.2. The maximum Gasteiger partial charge on any atom is 0.133 e. The summed E-state index contributed by atoms with van der Waals surface area (Å²) in [5.41, 5.74) is 1.36. The van der Waals surface area contributed by atoms with Crippen LogP contribution in [0.2, 0.25) is 0 Å². The minimum absolute atomic E-state index is 0.104. The van der Waals surface area contributed by atoms with Crippen molar-refractivity contribution in [2.45, 2.75) is 51.9 Å². The fourth-order valence-corrected chi connectivity index (χ4v) is 1.91. The zero-order valence-electron chi connectivity index (χ0n) is 11.2. The van der Waals surface area contributed by atoms with Crippen LogP contribution in [0.15, 0.2) is 30.3 Å². The number of hydrogen-bond acceptors (Lipinski definition) is 2. The highest BCUT2D eigenvalue weighted by atomic mass is 16.1. The van der Waals surface area contributed by atoms with E-state index in [0.717, 1.165) is 25.7 Å². The Balaban J connectivity index is 2.02. The summed E-state index contributed by atoms with van der Waals surface area (Å²) < 4.78 is 0. The van der Waals surface area contributed by atoms with Crippen LogP contribution in [0.5, 0.6) is 0 Å². The molecule has 0 atom stereocenters. The minimum atomic E-state index is 0.104. The van der Waals surface area contributed by atoms with Crippen molar-refractivity contribution in [3.8, 4) is 0 Å². The summed E-state index contributed by atoms with van der Waals surface area (Å²) >= 11 is 0. The molecule has 0 unspecified atom stereocenters. The molecule has 0 amide bonds. The Morgan fingerprint density at radius 3 is 2.28 bits per heavy atom. The molecule has 0 saturated heterocycles. The lowest BCUT2D eigenvalue weighted by atomic mass is 10.0. The first-order valence-electron chi connectivity index (χ1n) is 6.73. The number of unbranched alkanes of at least 4 members (excludes halogenated alkanes) is 2. The van der Waals surface area contributed by atoms with Gasteiger partial charge in [0, 0.05) is 19.3 Å². The maximum absolute atomic E-state index is 11.4. The Bertz CT molecular complexity index is 368. The van der Waals surface area contributed by atoms with Gasteiger partial charge in [0.15, 0.2) is 0 Å². The van der Waals surface area contributed by atoms with Gasteiger partial charge in [0.25, 0.3) is 0 Å². The van der Waals surface area contributed by atoms with Gasteiger partial charge in [-0.05, 0) is 31.7 Å². The molecule has 0 aliphatic carbocycles. The largest absolute Gasteiger partial charge is 0.300 e. The second kappa shape index (κ2) is 8.62. The van der Waals surface area contributed by atoms with Gasteiger partial charge >= 0.3 is 0 Å². The van der Waals surface area contributed by atoms with Crippen LogP contribution in [-0.2, 0) is 16.0 Å². The van der Waals surface area contributed by atoms with Crippen LogP contribution in [0.3, 0.4) is 0 Å². The van der Waals surface area contributed by atoms with Crippen LogP contribution in [0.1, 0.15) is 51.0 Å². The number of Topliss-reactive ketones (excluding diaryl/α,β-unsaturated/α-hetero) is 2. The SMILES string of the molecule is CC(=O)CCC(=O)CCCCCc1ccccc1. The molecule has 0 N–H and O–H groups in total. The molecule has 2 nitrogen and oxygen atoms in total. The maximum atomic E-state index is 11.4. The molecule has 0 fully saturated rings. The minimum Gasteiger partial charge on any atom is -0.300 e. The van der Waals surface area contributed by atoms with Crippen molar-refractivity contribution in [1.29, 1.82) is 0 Å². The average Bonchev–Trinajstić information content (AvgIpc) is 2.37. The molecule has 0 aliphatic rings. The topological polar surface area (TPSA) is 34.1 Å². The van der Waals surface area contributed by atoms with Gasteiger partial charge in [-0.25, -0.2) is 0 Å². The van der Waals surface area contributed by atoms with E-state index in [4.69, 9.17) is 0 Å². The predicted molar refractivity (Wildman–Crippen MR) is 73.5 cm³/mol. The second-order valence-corrected chi connectivity index (χ2v) is 4.79. The third-order valence-corrected chi connectivity index (χ3v) is 3.02. The number of benzene rings is 1. The lowest BCUT2D eigenvalue weighted by molar-refractivity contribution is -0.123. The van der Waals surface area contributed by atoms with Crippen molar-refractivity contribution < 1.29 is 9.59 Å². The number of hydrogen-bond donors (Lipinski definition) is 0. The molecule has 18 heavy (non-hydrogen) atoms. The summed E-state index contributed by atoms with van der Waals surface area (Å²) in [6.07, 6.45) is 5.70. The number of carbonyl (C=O) groups is 2. The van der Waals surface area contributed by atoms with Crippen molar-refractivity contribution in [2.75, 3.05) is 0 Å². The van der Waals surface area contributed by atoms with Crippen LogP contribution in [0.25, 0.3) is 0 Å². The van der Waals surface area contributed by atoms with E-state index in [9.17, 15) is 9.59 Å². The predicted octanol–water partition coefficient (Wildman–Crippen LogP) is 3.73. The summed E-state index contributed by atoms with van der Waals surface area (Å²) in [7, 11) is 0. The molecular weight excluding hydrogens is 224 g/mol. The summed E-state index contributed by atoms with van der Waals surface area (Å²) in [4.78, 5) is 22.2. The molecule has 1 aromatic rings. The fourth-order valence-electron chi connectivity index (χ4n) is 1.91. The van der Waals surface area contributed by atoms with E-state index in [-0.39, 0.29) is 11.6 Å². The van der Waals surface area contributed by atoms with Gasteiger partial charge in [-0.2, -0.15) is 0 Å². The van der Waals surface area contributed by atoms with Crippen LogP contribution in [0.4, 0.5) is 0 Å².